The normalized spacial score (nSPS) is 15.9. The third-order valence-corrected chi connectivity index (χ3v) is 8.07. The van der Waals surface area contributed by atoms with Crippen LogP contribution in [-0.4, -0.2) is 39.8 Å². The Bertz CT molecular complexity index is 1360. The Morgan fingerprint density at radius 1 is 1.05 bits per heavy atom. The third kappa shape index (κ3) is 5.88. The highest BCUT2D eigenvalue weighted by molar-refractivity contribution is 7.99. The molecule has 1 saturated heterocycles. The predicted octanol–water partition coefficient (Wildman–Crippen LogP) is 5.74. The molecule has 2 aliphatic heterocycles. The van der Waals surface area contributed by atoms with Crippen molar-refractivity contribution in [2.75, 3.05) is 24.2 Å². The Balaban J connectivity index is 1.29. The highest BCUT2D eigenvalue weighted by atomic mass is 32.2. The molecule has 0 aliphatic carbocycles. The van der Waals surface area contributed by atoms with E-state index in [2.05, 4.69) is 28.4 Å². The molecule has 0 spiro atoms. The van der Waals surface area contributed by atoms with Crippen LogP contribution in [0.1, 0.15) is 52.8 Å². The van der Waals surface area contributed by atoms with Gasteiger partial charge in [0.2, 0.25) is 11.8 Å². The molecule has 1 aromatic heterocycles. The number of nitrogens with one attached hydrogen (secondary N) is 1. The molecule has 3 aromatic rings. The molecule has 0 saturated carbocycles. The third-order valence-electron chi connectivity index (χ3n) is 6.88. The van der Waals surface area contributed by atoms with Gasteiger partial charge in [0.1, 0.15) is 5.75 Å². The van der Waals surface area contributed by atoms with Gasteiger partial charge >= 0.3 is 0 Å². The van der Waals surface area contributed by atoms with Gasteiger partial charge in [0.05, 0.1) is 33.9 Å². The van der Waals surface area contributed by atoms with Crippen LogP contribution in [0.15, 0.2) is 41.3 Å². The van der Waals surface area contributed by atoms with E-state index in [-0.39, 0.29) is 0 Å². The topological polar surface area (TPSA) is 97.9 Å². The Hall–Kier alpha value is -3.59. The second kappa shape index (κ2) is 11.2. The van der Waals surface area contributed by atoms with Crippen LogP contribution in [0.5, 0.6) is 11.6 Å². The lowest BCUT2D eigenvalue weighted by atomic mass is 10.0. The van der Waals surface area contributed by atoms with Crippen LogP contribution in [-0.2, 0) is 13.0 Å². The molecule has 5 rings (SSSR count). The van der Waals surface area contributed by atoms with Crippen molar-refractivity contribution >= 4 is 17.7 Å². The molecule has 0 radical (unpaired) electrons. The van der Waals surface area contributed by atoms with Crippen LogP contribution < -0.4 is 10.1 Å². The van der Waals surface area contributed by atoms with Gasteiger partial charge in [-0.05, 0) is 86.2 Å². The van der Waals surface area contributed by atoms with E-state index in [0.29, 0.717) is 29.0 Å². The summed E-state index contributed by atoms with van der Waals surface area (Å²) in [6.07, 6.45) is 4.00. The van der Waals surface area contributed by atoms with Crippen molar-refractivity contribution in [2.24, 2.45) is 0 Å². The summed E-state index contributed by atoms with van der Waals surface area (Å²) < 4.78 is 6.42. The maximum absolute atomic E-state index is 9.29. The van der Waals surface area contributed by atoms with Crippen molar-refractivity contribution in [1.82, 2.24) is 14.9 Å². The van der Waals surface area contributed by atoms with Gasteiger partial charge in [0.25, 0.3) is 0 Å². The monoisotopic (exact) mass is 510 g/mol. The first-order chi connectivity index (χ1) is 18.0. The van der Waals surface area contributed by atoms with Crippen LogP contribution in [0.3, 0.4) is 0 Å². The first-order valence-corrected chi connectivity index (χ1v) is 13.7. The molecule has 1 N–H and O–H groups in total. The molecule has 0 amide bonds. The van der Waals surface area contributed by atoms with Crippen molar-refractivity contribution in [1.29, 1.82) is 10.5 Å². The first-order valence-electron chi connectivity index (χ1n) is 12.7. The molecular weight excluding hydrogens is 480 g/mol. The van der Waals surface area contributed by atoms with E-state index in [1.165, 1.54) is 5.56 Å². The maximum atomic E-state index is 9.29. The summed E-state index contributed by atoms with van der Waals surface area (Å²) >= 11 is 1.76. The van der Waals surface area contributed by atoms with Crippen LogP contribution in [0.4, 0.5) is 5.95 Å². The van der Waals surface area contributed by atoms with Gasteiger partial charge in [0, 0.05) is 25.7 Å². The molecule has 1 fully saturated rings. The predicted molar refractivity (Wildman–Crippen MR) is 145 cm³/mol. The minimum atomic E-state index is 0.294. The molecule has 8 heteroatoms. The van der Waals surface area contributed by atoms with Gasteiger partial charge in [-0.15, -0.1) is 11.8 Å². The zero-order chi connectivity index (χ0) is 25.8. The minimum Gasteiger partial charge on any atom is -0.437 e. The highest BCUT2D eigenvalue weighted by Crippen LogP contribution is 2.40. The van der Waals surface area contributed by atoms with Gasteiger partial charge in [-0.1, -0.05) is 12.1 Å². The lowest BCUT2D eigenvalue weighted by Gasteiger charge is -2.32. The van der Waals surface area contributed by atoms with E-state index >= 15 is 0 Å². The number of nitrogens with zero attached hydrogens (tertiary/aromatic N) is 5. The van der Waals surface area contributed by atoms with E-state index in [1.807, 2.05) is 44.2 Å². The molecule has 0 unspecified atom stereocenters. The molecule has 188 valence electrons. The number of aromatic nitrogens is 2. The molecular formula is C29H30N6OS. The number of aryl methyl sites for hydroxylation is 3. The second-order valence-electron chi connectivity index (χ2n) is 9.74. The number of hydrogen-bond acceptors (Lipinski definition) is 8. The number of likely N-dealkylation sites (tertiary alicyclic amines) is 1. The number of piperidine rings is 1. The number of ether oxygens (including phenoxy) is 1. The average Bonchev–Trinajstić information content (AvgIpc) is 2.91. The van der Waals surface area contributed by atoms with Crippen molar-refractivity contribution in [2.45, 2.75) is 57.0 Å². The number of anilines is 1. The standard InChI is InChI=1S/C29H30N6OS/c1-19-13-23(17-31)14-20(2)26(19)36-28-27-25(7-4-12-37-27)33-29(34-28)32-24-8-10-35(11-9-24)18-22-6-3-5-21(15-22)16-30/h3,5-6,13-15,24H,4,7-12,18H2,1-2H3,(H,32,33,34). The number of nitriles is 2. The van der Waals surface area contributed by atoms with E-state index in [9.17, 15) is 5.26 Å². The van der Waals surface area contributed by atoms with Crippen LogP contribution in [0, 0.1) is 36.5 Å². The zero-order valence-corrected chi connectivity index (χ0v) is 22.1. The SMILES string of the molecule is Cc1cc(C#N)cc(C)c1Oc1nc(NC2CCN(Cc3cccc(C#N)c3)CC2)nc2c1SCCC2. The van der Waals surface area contributed by atoms with E-state index < -0.39 is 0 Å². The van der Waals surface area contributed by atoms with E-state index in [4.69, 9.17) is 20.0 Å². The van der Waals surface area contributed by atoms with Crippen molar-refractivity contribution < 1.29 is 4.74 Å². The molecule has 2 aromatic carbocycles. The van der Waals surface area contributed by atoms with Crippen LogP contribution in [0.25, 0.3) is 0 Å². The first kappa shape index (κ1) is 25.1. The van der Waals surface area contributed by atoms with Gasteiger partial charge < -0.3 is 10.1 Å². The summed E-state index contributed by atoms with van der Waals surface area (Å²) in [7, 11) is 0. The summed E-state index contributed by atoms with van der Waals surface area (Å²) in [4.78, 5) is 13.2. The van der Waals surface area contributed by atoms with Crippen LogP contribution in [0.2, 0.25) is 0 Å². The zero-order valence-electron chi connectivity index (χ0n) is 21.3. The molecule has 7 nitrogen and oxygen atoms in total. The van der Waals surface area contributed by atoms with Crippen molar-refractivity contribution in [3.8, 4) is 23.8 Å². The van der Waals surface area contributed by atoms with Gasteiger partial charge in [0.15, 0.2) is 0 Å². The van der Waals surface area contributed by atoms with E-state index in [1.54, 1.807) is 11.8 Å². The fourth-order valence-corrected chi connectivity index (χ4v) is 6.04. The summed E-state index contributed by atoms with van der Waals surface area (Å²) in [5.74, 6) is 3.01. The molecule has 3 heterocycles. The maximum Gasteiger partial charge on any atom is 0.238 e. The second-order valence-corrected chi connectivity index (χ2v) is 10.8. The summed E-state index contributed by atoms with van der Waals surface area (Å²) in [5.41, 5.74) is 5.41. The molecule has 37 heavy (non-hydrogen) atoms. The summed E-state index contributed by atoms with van der Waals surface area (Å²) in [6, 6.07) is 16.3. The lowest BCUT2D eigenvalue weighted by Crippen LogP contribution is -2.39. The summed E-state index contributed by atoms with van der Waals surface area (Å²) in [6.45, 7) is 6.74. The van der Waals surface area contributed by atoms with E-state index in [0.717, 1.165) is 78.5 Å². The van der Waals surface area contributed by atoms with Crippen molar-refractivity contribution in [3.05, 3.63) is 69.9 Å². The van der Waals surface area contributed by atoms with Gasteiger partial charge in [-0.2, -0.15) is 15.5 Å². The fourth-order valence-electron chi connectivity index (χ4n) is 5.02. The smallest absolute Gasteiger partial charge is 0.238 e. The average molecular weight is 511 g/mol. The Kier molecular flexibility index (Phi) is 7.60. The Labute approximate surface area is 222 Å². The lowest BCUT2D eigenvalue weighted by molar-refractivity contribution is 0.211. The fraction of sp³-hybridized carbons (Fsp3) is 0.379. The molecule has 2 aliphatic rings. The van der Waals surface area contributed by atoms with Gasteiger partial charge in [-0.3, -0.25) is 4.90 Å². The largest absolute Gasteiger partial charge is 0.437 e. The highest BCUT2D eigenvalue weighted by Gasteiger charge is 2.24. The molecule has 0 bridgehead atoms. The number of benzene rings is 2. The van der Waals surface area contributed by atoms with Crippen molar-refractivity contribution in [3.63, 3.8) is 0 Å². The van der Waals surface area contributed by atoms with Crippen LogP contribution >= 0.6 is 11.8 Å². The minimum absolute atomic E-state index is 0.294. The Morgan fingerprint density at radius 2 is 1.81 bits per heavy atom. The Morgan fingerprint density at radius 3 is 2.54 bits per heavy atom. The summed E-state index contributed by atoms with van der Waals surface area (Å²) in [5, 5.41) is 22.0. The number of rotatable bonds is 6. The quantitative estimate of drug-likeness (QED) is 0.448. The van der Waals surface area contributed by atoms with Gasteiger partial charge in [-0.25, -0.2) is 4.98 Å². The molecule has 0 atom stereocenters. The number of hydrogen-bond donors (Lipinski definition) is 1. The number of thioether (sulfide) groups is 1. The number of fused-ring (bicyclic) bond motifs is 1.